The molecule has 1 fully saturated rings. The van der Waals surface area contributed by atoms with Crippen LogP contribution in [0.2, 0.25) is 0 Å². The number of ether oxygens (including phenoxy) is 1. The van der Waals surface area contributed by atoms with Crippen LogP contribution in [-0.4, -0.2) is 25.8 Å². The Morgan fingerprint density at radius 3 is 2.84 bits per heavy atom. The van der Waals surface area contributed by atoms with E-state index in [2.05, 4.69) is 35.1 Å². The molecule has 0 amide bonds. The van der Waals surface area contributed by atoms with Crippen LogP contribution in [0.1, 0.15) is 25.8 Å². The van der Waals surface area contributed by atoms with Crippen molar-refractivity contribution in [3.05, 3.63) is 34.1 Å². The molecule has 1 heterocycles. The van der Waals surface area contributed by atoms with Gasteiger partial charge in [0.15, 0.2) is 0 Å². The zero-order chi connectivity index (χ0) is 13.9. The van der Waals surface area contributed by atoms with Gasteiger partial charge in [-0.3, -0.25) is 0 Å². The third-order valence-corrected chi connectivity index (χ3v) is 4.39. The molecule has 19 heavy (non-hydrogen) atoms. The molecule has 0 spiro atoms. The topological polar surface area (TPSA) is 21.3 Å². The van der Waals surface area contributed by atoms with E-state index in [0.717, 1.165) is 42.6 Å². The van der Waals surface area contributed by atoms with Gasteiger partial charge in [0, 0.05) is 29.1 Å². The van der Waals surface area contributed by atoms with E-state index < -0.39 is 0 Å². The van der Waals surface area contributed by atoms with Crippen molar-refractivity contribution in [1.29, 1.82) is 0 Å². The molecule has 1 aromatic carbocycles. The van der Waals surface area contributed by atoms with Crippen LogP contribution in [0.5, 0.6) is 0 Å². The highest BCUT2D eigenvalue weighted by molar-refractivity contribution is 9.10. The van der Waals surface area contributed by atoms with E-state index in [0.29, 0.717) is 6.04 Å². The van der Waals surface area contributed by atoms with E-state index in [9.17, 15) is 4.39 Å². The van der Waals surface area contributed by atoms with Crippen molar-refractivity contribution >= 4 is 15.9 Å². The number of rotatable bonds is 5. The standard InChI is InChI=1S/C15H21BrFNO/c1-11(2)18-9-15(5-6-19-10-15)8-12-3-4-13(17)7-14(12)16/h3-4,7,11,18H,5-6,8-10H2,1-2H3. The van der Waals surface area contributed by atoms with Crippen LogP contribution in [0.25, 0.3) is 0 Å². The predicted octanol–water partition coefficient (Wildman–Crippen LogP) is 3.54. The summed E-state index contributed by atoms with van der Waals surface area (Å²) in [5.74, 6) is -0.201. The summed E-state index contributed by atoms with van der Waals surface area (Å²) in [5, 5.41) is 3.51. The second-order valence-corrected chi connectivity index (χ2v) is 6.61. The average molecular weight is 330 g/mol. The van der Waals surface area contributed by atoms with Crippen LogP contribution in [0, 0.1) is 11.2 Å². The summed E-state index contributed by atoms with van der Waals surface area (Å²) in [6, 6.07) is 5.40. The molecule has 106 valence electrons. The smallest absolute Gasteiger partial charge is 0.124 e. The lowest BCUT2D eigenvalue weighted by Crippen LogP contribution is -2.39. The van der Waals surface area contributed by atoms with Crippen LogP contribution in [0.4, 0.5) is 4.39 Å². The van der Waals surface area contributed by atoms with Gasteiger partial charge in [-0.2, -0.15) is 0 Å². The van der Waals surface area contributed by atoms with E-state index in [1.165, 1.54) is 12.1 Å². The highest BCUT2D eigenvalue weighted by atomic mass is 79.9. The largest absolute Gasteiger partial charge is 0.381 e. The normalized spacial score (nSPS) is 23.2. The Bertz CT molecular complexity index is 430. The van der Waals surface area contributed by atoms with Crippen molar-refractivity contribution in [2.75, 3.05) is 19.8 Å². The molecule has 1 aliphatic rings. The first-order valence-electron chi connectivity index (χ1n) is 6.76. The lowest BCUT2D eigenvalue weighted by atomic mass is 9.80. The maximum Gasteiger partial charge on any atom is 0.124 e. The summed E-state index contributed by atoms with van der Waals surface area (Å²) in [7, 11) is 0. The molecule has 2 nitrogen and oxygen atoms in total. The summed E-state index contributed by atoms with van der Waals surface area (Å²) < 4.78 is 19.6. The van der Waals surface area contributed by atoms with E-state index >= 15 is 0 Å². The fourth-order valence-electron chi connectivity index (χ4n) is 2.48. The number of nitrogens with one attached hydrogen (secondary N) is 1. The third-order valence-electron chi connectivity index (χ3n) is 3.65. The Morgan fingerprint density at radius 1 is 1.47 bits per heavy atom. The minimum atomic E-state index is -0.201. The van der Waals surface area contributed by atoms with Gasteiger partial charge in [-0.25, -0.2) is 4.39 Å². The van der Waals surface area contributed by atoms with Crippen LogP contribution in [-0.2, 0) is 11.2 Å². The first-order valence-corrected chi connectivity index (χ1v) is 7.55. The molecular formula is C15H21BrFNO. The molecule has 1 unspecified atom stereocenters. The van der Waals surface area contributed by atoms with Gasteiger partial charge in [0.25, 0.3) is 0 Å². The van der Waals surface area contributed by atoms with Crippen molar-refractivity contribution in [3.8, 4) is 0 Å². The molecule has 0 radical (unpaired) electrons. The van der Waals surface area contributed by atoms with Crippen molar-refractivity contribution in [2.24, 2.45) is 5.41 Å². The fraction of sp³-hybridized carbons (Fsp3) is 0.600. The van der Waals surface area contributed by atoms with Gasteiger partial charge in [0.2, 0.25) is 0 Å². The minimum Gasteiger partial charge on any atom is -0.381 e. The van der Waals surface area contributed by atoms with Crippen molar-refractivity contribution in [2.45, 2.75) is 32.7 Å². The Balaban J connectivity index is 2.11. The molecule has 1 N–H and O–H groups in total. The molecule has 0 bridgehead atoms. The number of benzene rings is 1. The Kier molecular flexibility index (Phi) is 4.98. The van der Waals surface area contributed by atoms with Crippen LogP contribution < -0.4 is 5.32 Å². The molecule has 0 aliphatic carbocycles. The lowest BCUT2D eigenvalue weighted by Gasteiger charge is -2.29. The highest BCUT2D eigenvalue weighted by Crippen LogP contribution is 2.34. The minimum absolute atomic E-state index is 0.130. The SMILES string of the molecule is CC(C)NCC1(Cc2ccc(F)cc2Br)CCOC1. The predicted molar refractivity (Wildman–Crippen MR) is 78.8 cm³/mol. The van der Waals surface area contributed by atoms with Gasteiger partial charge in [0.1, 0.15) is 5.82 Å². The number of hydrogen-bond donors (Lipinski definition) is 1. The van der Waals surface area contributed by atoms with E-state index in [4.69, 9.17) is 4.74 Å². The molecule has 0 aromatic heterocycles. The molecule has 4 heteroatoms. The van der Waals surface area contributed by atoms with Crippen LogP contribution in [0.15, 0.2) is 22.7 Å². The van der Waals surface area contributed by atoms with Gasteiger partial charge in [-0.15, -0.1) is 0 Å². The molecule has 1 aliphatic heterocycles. The zero-order valence-corrected chi connectivity index (χ0v) is 13.1. The molecule has 1 saturated heterocycles. The summed E-state index contributed by atoms with van der Waals surface area (Å²) in [6.07, 6.45) is 1.96. The van der Waals surface area contributed by atoms with E-state index in [1.807, 2.05) is 6.07 Å². The quantitative estimate of drug-likeness (QED) is 0.892. The zero-order valence-electron chi connectivity index (χ0n) is 11.5. The lowest BCUT2D eigenvalue weighted by molar-refractivity contribution is 0.148. The van der Waals surface area contributed by atoms with Gasteiger partial charge >= 0.3 is 0 Å². The van der Waals surface area contributed by atoms with Gasteiger partial charge in [-0.05, 0) is 30.5 Å². The molecule has 1 aromatic rings. The summed E-state index contributed by atoms with van der Waals surface area (Å²) in [6.45, 7) is 6.83. The number of halogens is 2. The summed E-state index contributed by atoms with van der Waals surface area (Å²) in [5.41, 5.74) is 1.28. The first kappa shape index (κ1) is 14.9. The van der Waals surface area contributed by atoms with Crippen molar-refractivity contribution < 1.29 is 9.13 Å². The molecule has 1 atom stereocenters. The Morgan fingerprint density at radius 2 is 2.26 bits per heavy atom. The van der Waals surface area contributed by atoms with Crippen molar-refractivity contribution in [3.63, 3.8) is 0 Å². The summed E-state index contributed by atoms with van der Waals surface area (Å²) in [4.78, 5) is 0. The summed E-state index contributed by atoms with van der Waals surface area (Å²) >= 11 is 3.46. The van der Waals surface area contributed by atoms with Crippen molar-refractivity contribution in [1.82, 2.24) is 5.32 Å². The Labute approximate surface area is 122 Å². The molecular weight excluding hydrogens is 309 g/mol. The van der Waals surface area contributed by atoms with Crippen LogP contribution in [0.3, 0.4) is 0 Å². The highest BCUT2D eigenvalue weighted by Gasteiger charge is 2.35. The maximum absolute atomic E-state index is 13.1. The van der Waals surface area contributed by atoms with E-state index in [1.54, 1.807) is 0 Å². The van der Waals surface area contributed by atoms with Crippen LogP contribution >= 0.6 is 15.9 Å². The second kappa shape index (κ2) is 6.33. The first-order chi connectivity index (χ1) is 9.01. The third kappa shape index (κ3) is 4.01. The monoisotopic (exact) mass is 329 g/mol. The van der Waals surface area contributed by atoms with Gasteiger partial charge < -0.3 is 10.1 Å². The second-order valence-electron chi connectivity index (χ2n) is 5.75. The van der Waals surface area contributed by atoms with E-state index in [-0.39, 0.29) is 11.2 Å². The maximum atomic E-state index is 13.1. The molecule has 0 saturated carbocycles. The van der Waals surface area contributed by atoms with Gasteiger partial charge in [0.05, 0.1) is 6.61 Å². The average Bonchev–Trinajstić information content (AvgIpc) is 2.80. The Hall–Kier alpha value is -0.450. The fourth-order valence-corrected chi connectivity index (χ4v) is 2.97. The molecule has 2 rings (SSSR count). The number of hydrogen-bond acceptors (Lipinski definition) is 2. The van der Waals surface area contributed by atoms with Gasteiger partial charge in [-0.1, -0.05) is 35.8 Å².